The van der Waals surface area contributed by atoms with E-state index in [2.05, 4.69) is 15.6 Å². The highest BCUT2D eigenvalue weighted by Crippen LogP contribution is 2.44. The third kappa shape index (κ3) is 12.5. The van der Waals surface area contributed by atoms with Crippen molar-refractivity contribution >= 4 is 61.1 Å². The number of likely N-dealkylation sites (N-methyl/N-ethyl adjacent to an activating group) is 1. The van der Waals surface area contributed by atoms with E-state index < -0.39 is 92.0 Å². The highest BCUT2D eigenvalue weighted by atomic mass is 33.1. The van der Waals surface area contributed by atoms with E-state index in [4.69, 9.17) is 29.4 Å². The monoisotopic (exact) mass is 1010 g/mol. The summed E-state index contributed by atoms with van der Waals surface area (Å²) in [5, 5.41) is 100. The van der Waals surface area contributed by atoms with Gasteiger partial charge >= 0.3 is 11.9 Å². The van der Waals surface area contributed by atoms with Gasteiger partial charge in [-0.1, -0.05) is 67.5 Å². The fraction of sp³-hybridized carbons (Fsp3) is 0.683. The third-order valence-electron chi connectivity index (χ3n) is 12.4. The van der Waals surface area contributed by atoms with Crippen LogP contribution in [0.25, 0.3) is 0 Å². The van der Waals surface area contributed by atoms with Crippen molar-refractivity contribution in [3.63, 3.8) is 0 Å². The molecule has 0 radical (unpaired) electrons. The van der Waals surface area contributed by atoms with Gasteiger partial charge in [-0.3, -0.25) is 15.2 Å². The van der Waals surface area contributed by atoms with Gasteiger partial charge in [-0.05, 0) is 32.2 Å². The summed E-state index contributed by atoms with van der Waals surface area (Å²) in [7, 11) is 7.64. The van der Waals surface area contributed by atoms with Gasteiger partial charge in [0.25, 0.3) is 0 Å². The van der Waals surface area contributed by atoms with Crippen molar-refractivity contribution in [1.29, 1.82) is 0 Å². The van der Waals surface area contributed by atoms with E-state index in [1.807, 2.05) is 6.08 Å². The van der Waals surface area contributed by atoms with Gasteiger partial charge in [-0.2, -0.15) is 0 Å². The van der Waals surface area contributed by atoms with Crippen molar-refractivity contribution in [1.82, 2.24) is 10.6 Å². The molecule has 0 amide bonds. The highest BCUT2D eigenvalue weighted by Gasteiger charge is 2.58. The number of nitrogens with one attached hydrogen (secondary N) is 3. The summed E-state index contributed by atoms with van der Waals surface area (Å²) in [6, 6.07) is -0.501. The molecule has 1 saturated heterocycles. The van der Waals surface area contributed by atoms with E-state index in [1.54, 1.807) is 56.8 Å². The molecular weight excluding hydrogens is 947 g/mol. The van der Waals surface area contributed by atoms with Crippen LogP contribution in [0.5, 0.6) is 0 Å². The van der Waals surface area contributed by atoms with Crippen molar-refractivity contribution in [2.45, 2.75) is 79.6 Å². The molecule has 1 unspecified atom stereocenters. The summed E-state index contributed by atoms with van der Waals surface area (Å²) in [5.41, 5.74) is 6.71. The first kappa shape index (κ1) is 53.0. The number of hydrogen-bond donors (Lipinski definition) is 13. The fourth-order valence-corrected chi connectivity index (χ4v) is 14.8. The van der Waals surface area contributed by atoms with Crippen LogP contribution in [0.2, 0.25) is 0 Å². The van der Waals surface area contributed by atoms with Crippen molar-refractivity contribution in [2.75, 3.05) is 70.4 Å². The van der Waals surface area contributed by atoms with Gasteiger partial charge in [0.05, 0.1) is 48.5 Å². The van der Waals surface area contributed by atoms with E-state index in [-0.39, 0.29) is 72.8 Å². The minimum Gasteiger partial charge on any atom is -0.477 e. The lowest BCUT2D eigenvalue weighted by molar-refractivity contribution is -0.870. The van der Waals surface area contributed by atoms with Crippen molar-refractivity contribution in [2.24, 2.45) is 34.4 Å². The number of aliphatic hydroxyl groups is 8. The molecule has 6 rings (SSSR count). The van der Waals surface area contributed by atoms with Crippen LogP contribution >= 0.6 is 43.2 Å². The molecule has 0 spiro atoms. The summed E-state index contributed by atoms with van der Waals surface area (Å²) < 4.78 is 30.6. The molecular formula is C41H62N5O16S4+. The maximum atomic E-state index is 14.6. The molecule has 6 aliphatic rings. The van der Waals surface area contributed by atoms with Crippen molar-refractivity contribution in [3.05, 3.63) is 59.2 Å². The normalized spacial score (nSPS) is 36.7. The minimum atomic E-state index is -3.09. The lowest BCUT2D eigenvalue weighted by Crippen LogP contribution is -3.14. The first-order valence-electron chi connectivity index (χ1n) is 21.7. The number of carboxylic acid groups (broad SMARTS) is 1. The second-order valence-corrected chi connectivity index (χ2v) is 21.7. The van der Waals surface area contributed by atoms with Gasteiger partial charge in [0.2, 0.25) is 12.1 Å². The number of fused-ring (bicyclic) bond motifs is 2. The van der Waals surface area contributed by atoms with E-state index >= 15 is 0 Å². The molecule has 14 atom stereocenters. The predicted octanol–water partition coefficient (Wildman–Crippen LogP) is -2.87. The second-order valence-electron chi connectivity index (χ2n) is 16.5. The number of aliphatic imine (C=N–C) groups is 1. The van der Waals surface area contributed by atoms with E-state index in [0.717, 1.165) is 0 Å². The van der Waals surface area contributed by atoms with Crippen LogP contribution in [0.3, 0.4) is 0 Å². The Hall–Kier alpha value is -2.41. The van der Waals surface area contributed by atoms with Gasteiger partial charge in [0.1, 0.15) is 48.9 Å². The smallest absolute Gasteiger partial charge is 0.343 e. The number of carbonyl (C=O) groups excluding carboxylic acids is 1. The average molecular weight is 1010 g/mol. The number of carbonyl (C=O) groups is 2. The van der Waals surface area contributed by atoms with Gasteiger partial charge in [0, 0.05) is 54.4 Å². The molecule has 5 aliphatic heterocycles. The lowest BCUT2D eigenvalue weighted by Gasteiger charge is -2.48. The summed E-state index contributed by atoms with van der Waals surface area (Å²) >= 11 is 0. The Morgan fingerprint density at radius 1 is 1.08 bits per heavy atom. The first-order valence-corrected chi connectivity index (χ1v) is 26.5. The van der Waals surface area contributed by atoms with Crippen LogP contribution in [-0.2, 0) is 33.3 Å². The Balaban J connectivity index is 1.52. The Morgan fingerprint density at radius 2 is 1.88 bits per heavy atom. The number of carboxylic acids is 1. The van der Waals surface area contributed by atoms with Crippen LogP contribution in [0.1, 0.15) is 19.3 Å². The van der Waals surface area contributed by atoms with Gasteiger partial charge in [-0.15, -0.1) is 0 Å². The van der Waals surface area contributed by atoms with Gasteiger partial charge in [0.15, 0.2) is 18.4 Å². The Kier molecular flexibility index (Phi) is 20.0. The number of nitrogens with two attached hydrogens (primary N) is 1. The molecule has 2 fully saturated rings. The van der Waals surface area contributed by atoms with Crippen LogP contribution in [0.4, 0.5) is 0 Å². The number of aliphatic carboxylic acids is 1. The molecule has 4 bridgehead atoms. The maximum Gasteiger partial charge on any atom is 0.343 e. The van der Waals surface area contributed by atoms with Crippen LogP contribution in [0.15, 0.2) is 64.2 Å². The SMILES string of the molecule is CN[C@@H](CO)O[C@H]1[C@H](O[C@@H]2OC=C3C(=O)O[C@@H]4CC[C@@H](CO)[C@@H]4CSS[C@@H]4CSSC/C=C/[C@@H]2[C@@H]3/C=C/C2=C(NC(N)=NCCCO)C(C(=O)O)=C[NH+](C2)[C@@H]4CO)O[C@H](CO)[C@@H](O)C1(O)O. The third-order valence-corrected chi connectivity index (χ3v) is 17.8. The fourth-order valence-electron chi connectivity index (χ4n) is 8.70. The van der Waals surface area contributed by atoms with E-state index in [0.29, 0.717) is 47.0 Å². The highest BCUT2D eigenvalue weighted by molar-refractivity contribution is 8.78. The number of quaternary nitrogens is 1. The zero-order chi connectivity index (χ0) is 47.5. The van der Waals surface area contributed by atoms with Crippen LogP contribution < -0.4 is 21.3 Å². The molecule has 0 aromatic carbocycles. The standard InChI is InChI=1S/C41H61N5O16S4/c1-43-32(17-51)61-35-39(60-30(16-50)34(52)41(35,56)57)62-38-24-4-2-11-63-64-20-31-28(15-49)46-12-21(33(25(13-46)36(53)54)45-40(42)44-9-3-10-47)5-7-23(24)26(18-58-38)37(55)59-29-8-6-22(14-48)27(29)19-65-66-31/h2,4-5,7,13,18,22-24,27-32,34-35,38-39,43,47-52,56-57H,3,6,8-12,14-17,19-20H2,1H3,(H,53,54)(H3,42,44,45)/p+1/b4-2+,7-5+/t22-,23-,24+,27-,28+,29+,30+,31+,32+,34+,35-,38-,39-/m0/s1. The van der Waals surface area contributed by atoms with Crippen molar-refractivity contribution in [3.8, 4) is 0 Å². The molecule has 370 valence electrons. The number of ether oxygens (including phenoxy) is 5. The molecule has 14 N–H and O–H groups in total. The van der Waals surface area contributed by atoms with Gasteiger partial charge in [-0.25, -0.2) is 9.59 Å². The second kappa shape index (κ2) is 24.9. The first-order chi connectivity index (χ1) is 31.8. The molecule has 1 saturated carbocycles. The number of esters is 1. The van der Waals surface area contributed by atoms with Crippen LogP contribution in [0, 0.1) is 23.7 Å². The Labute approximate surface area is 397 Å². The molecule has 0 aromatic heterocycles. The largest absolute Gasteiger partial charge is 0.477 e. The molecule has 0 aromatic rings. The summed E-state index contributed by atoms with van der Waals surface area (Å²) in [6.07, 6.45) is 0.547. The number of rotatable bonds is 14. The topological polar surface area (TPSA) is 329 Å². The number of aliphatic hydroxyl groups excluding tert-OH is 6. The molecule has 66 heavy (non-hydrogen) atoms. The van der Waals surface area contributed by atoms with Crippen LogP contribution in [-0.4, -0.2) is 195 Å². The number of guanidine groups is 1. The van der Waals surface area contributed by atoms with Crippen molar-refractivity contribution < 1.29 is 84.1 Å². The molecule has 21 nitrogen and oxygen atoms in total. The molecule has 25 heteroatoms. The molecule has 5 heterocycles. The Bertz CT molecular complexity index is 1850. The summed E-state index contributed by atoms with van der Waals surface area (Å²) in [4.78, 5) is 32.6. The summed E-state index contributed by atoms with van der Waals surface area (Å²) in [5.74, 6) is -6.02. The lowest BCUT2D eigenvalue weighted by atomic mass is 9.82. The van der Waals surface area contributed by atoms with E-state index in [1.165, 1.54) is 24.1 Å². The number of allylic oxidation sites excluding steroid dienone is 1. The quantitative estimate of drug-likeness (QED) is 0.0158. The zero-order valence-electron chi connectivity index (χ0n) is 36.2. The molecule has 1 aliphatic carbocycles. The van der Waals surface area contributed by atoms with Gasteiger partial charge < -0.3 is 80.7 Å². The summed E-state index contributed by atoms with van der Waals surface area (Å²) in [6.45, 7) is -1.74. The number of hydrogen-bond acceptors (Lipinski definition) is 21. The van der Waals surface area contributed by atoms with E-state index in [9.17, 15) is 55.5 Å². The average Bonchev–Trinajstić information content (AvgIpc) is 3.68. The maximum absolute atomic E-state index is 14.6. The zero-order valence-corrected chi connectivity index (χ0v) is 39.5. The number of nitrogens with zero attached hydrogens (tertiary/aromatic N) is 1. The predicted molar refractivity (Wildman–Crippen MR) is 246 cm³/mol. The minimum absolute atomic E-state index is 0.0464. The Morgan fingerprint density at radius 3 is 2.58 bits per heavy atom.